The summed E-state index contributed by atoms with van der Waals surface area (Å²) < 4.78 is 28.0. The average molecular weight is 532 g/mol. The molecule has 0 aliphatic carbocycles. The number of methoxy groups -OCH3 is 1. The number of nitrogens with one attached hydrogen (secondary N) is 2. The van der Waals surface area contributed by atoms with Gasteiger partial charge in [-0.25, -0.2) is 13.6 Å². The Hall–Kier alpha value is -1.85. The summed E-state index contributed by atoms with van der Waals surface area (Å²) >= 11 is 0. The summed E-state index contributed by atoms with van der Waals surface area (Å²) in [6.45, 7) is 3.46. The van der Waals surface area contributed by atoms with Crippen LogP contribution in [0.5, 0.6) is 5.75 Å². The van der Waals surface area contributed by atoms with E-state index in [1.807, 2.05) is 12.1 Å². The topological polar surface area (TPSA) is 106 Å². The van der Waals surface area contributed by atoms with E-state index in [0.717, 1.165) is 36.3 Å². The molecule has 0 heterocycles. The number of primary sulfonamides is 1. The van der Waals surface area contributed by atoms with Gasteiger partial charge in [-0.05, 0) is 49.1 Å². The third-order valence-corrected chi connectivity index (χ3v) is 5.23. The molecule has 4 N–H and O–H groups in total. The SMILES string of the molecule is CN=C(NCCc1ccc(S(N)(=O)=O)cc1)NCCc1cc(C)ccc1OC.I. The van der Waals surface area contributed by atoms with Crippen LogP contribution in [-0.2, 0) is 22.9 Å². The molecule has 7 nitrogen and oxygen atoms in total. The lowest BCUT2D eigenvalue weighted by Gasteiger charge is -2.13. The zero-order chi connectivity index (χ0) is 20.6. The van der Waals surface area contributed by atoms with Crippen LogP contribution in [0.15, 0.2) is 52.4 Å². The summed E-state index contributed by atoms with van der Waals surface area (Å²) in [6.07, 6.45) is 1.55. The van der Waals surface area contributed by atoms with Gasteiger partial charge in [0, 0.05) is 20.1 Å². The third kappa shape index (κ3) is 8.19. The van der Waals surface area contributed by atoms with E-state index < -0.39 is 10.0 Å². The second-order valence-electron chi connectivity index (χ2n) is 6.43. The number of hydrogen-bond acceptors (Lipinski definition) is 4. The minimum absolute atomic E-state index is 0. The van der Waals surface area contributed by atoms with Gasteiger partial charge in [0.2, 0.25) is 10.0 Å². The Morgan fingerprint density at radius 2 is 1.69 bits per heavy atom. The van der Waals surface area contributed by atoms with E-state index in [2.05, 4.69) is 28.6 Å². The standard InChI is InChI=1S/C20H28N4O3S.HI/c1-15-4-9-19(27-3)17(14-15)11-13-24-20(22-2)23-12-10-16-5-7-18(8-6-16)28(21,25)26;/h4-9,14H,10-13H2,1-3H3,(H2,21,25,26)(H2,22,23,24);1H. The summed E-state index contributed by atoms with van der Waals surface area (Å²) in [6, 6.07) is 12.7. The zero-order valence-corrected chi connectivity index (χ0v) is 20.1. The number of rotatable bonds is 8. The minimum atomic E-state index is -3.65. The predicted molar refractivity (Wildman–Crippen MR) is 128 cm³/mol. The van der Waals surface area contributed by atoms with Crippen LogP contribution < -0.4 is 20.5 Å². The third-order valence-electron chi connectivity index (χ3n) is 4.30. The molecule has 0 unspecified atom stereocenters. The normalized spacial score (nSPS) is 11.5. The summed E-state index contributed by atoms with van der Waals surface area (Å²) in [5.74, 6) is 1.60. The van der Waals surface area contributed by atoms with Gasteiger partial charge in [0.15, 0.2) is 5.96 Å². The molecule has 0 bridgehead atoms. The van der Waals surface area contributed by atoms with Crippen molar-refractivity contribution in [3.8, 4) is 5.75 Å². The summed E-state index contributed by atoms with van der Waals surface area (Å²) in [5, 5.41) is 11.7. The highest BCUT2D eigenvalue weighted by Crippen LogP contribution is 2.19. The maximum absolute atomic E-state index is 11.3. The number of nitrogens with zero attached hydrogens (tertiary/aromatic N) is 1. The molecule has 9 heteroatoms. The number of benzene rings is 2. The lowest BCUT2D eigenvalue weighted by Crippen LogP contribution is -2.39. The maximum atomic E-state index is 11.3. The van der Waals surface area contributed by atoms with Crippen molar-refractivity contribution >= 4 is 40.0 Å². The quantitative estimate of drug-likeness (QED) is 0.275. The molecule has 0 atom stereocenters. The van der Waals surface area contributed by atoms with Crippen molar-refractivity contribution in [1.29, 1.82) is 0 Å². The molecular formula is C20H29IN4O3S. The van der Waals surface area contributed by atoms with Crippen molar-refractivity contribution in [1.82, 2.24) is 10.6 Å². The predicted octanol–water partition coefficient (Wildman–Crippen LogP) is 2.22. The zero-order valence-electron chi connectivity index (χ0n) is 16.9. The number of hydrogen-bond donors (Lipinski definition) is 3. The Morgan fingerprint density at radius 3 is 2.24 bits per heavy atom. The molecule has 0 amide bonds. The molecule has 0 aliphatic heterocycles. The van der Waals surface area contributed by atoms with Crippen LogP contribution in [0.3, 0.4) is 0 Å². The number of nitrogens with two attached hydrogens (primary N) is 1. The van der Waals surface area contributed by atoms with Crippen molar-refractivity contribution in [2.75, 3.05) is 27.2 Å². The molecule has 2 rings (SSSR count). The maximum Gasteiger partial charge on any atom is 0.238 e. The Bertz CT molecular complexity index is 916. The van der Waals surface area contributed by atoms with Gasteiger partial charge in [-0.2, -0.15) is 0 Å². The highest BCUT2D eigenvalue weighted by molar-refractivity contribution is 14.0. The molecular weight excluding hydrogens is 503 g/mol. The molecule has 0 aromatic heterocycles. The van der Waals surface area contributed by atoms with Gasteiger partial charge < -0.3 is 15.4 Å². The van der Waals surface area contributed by atoms with E-state index >= 15 is 0 Å². The fourth-order valence-corrected chi connectivity index (χ4v) is 3.33. The van der Waals surface area contributed by atoms with Crippen LogP contribution >= 0.6 is 24.0 Å². The van der Waals surface area contributed by atoms with Gasteiger partial charge in [-0.3, -0.25) is 4.99 Å². The van der Waals surface area contributed by atoms with Crippen molar-refractivity contribution < 1.29 is 13.2 Å². The molecule has 0 saturated carbocycles. The Balaban J connectivity index is 0.00000420. The minimum Gasteiger partial charge on any atom is -0.496 e. The largest absolute Gasteiger partial charge is 0.496 e. The molecule has 2 aromatic rings. The number of guanidine groups is 1. The molecule has 29 heavy (non-hydrogen) atoms. The lowest BCUT2D eigenvalue weighted by atomic mass is 10.1. The first-order valence-electron chi connectivity index (χ1n) is 9.03. The monoisotopic (exact) mass is 532 g/mol. The van der Waals surface area contributed by atoms with Crippen molar-refractivity contribution in [2.45, 2.75) is 24.7 Å². The second kappa shape index (κ2) is 12.0. The van der Waals surface area contributed by atoms with Gasteiger partial charge in [0.05, 0.1) is 12.0 Å². The molecule has 0 saturated heterocycles. The number of aliphatic imine (C=N–C) groups is 1. The van der Waals surface area contributed by atoms with Crippen molar-refractivity contribution in [2.24, 2.45) is 10.1 Å². The number of ether oxygens (including phenoxy) is 1. The first-order chi connectivity index (χ1) is 13.3. The summed E-state index contributed by atoms with van der Waals surface area (Å²) in [7, 11) is -0.248. The van der Waals surface area contributed by atoms with Gasteiger partial charge in [-0.1, -0.05) is 29.8 Å². The fourth-order valence-electron chi connectivity index (χ4n) is 2.81. The average Bonchev–Trinajstić information content (AvgIpc) is 2.66. The number of halogens is 1. The Labute approximate surface area is 190 Å². The molecule has 0 radical (unpaired) electrons. The summed E-state index contributed by atoms with van der Waals surface area (Å²) in [5.41, 5.74) is 3.37. The van der Waals surface area contributed by atoms with Crippen LogP contribution in [0, 0.1) is 6.92 Å². The summed E-state index contributed by atoms with van der Waals surface area (Å²) in [4.78, 5) is 4.34. The smallest absolute Gasteiger partial charge is 0.238 e. The number of aryl methyl sites for hydroxylation is 1. The van der Waals surface area contributed by atoms with E-state index in [1.54, 1.807) is 26.3 Å². The van der Waals surface area contributed by atoms with Crippen LogP contribution in [0.1, 0.15) is 16.7 Å². The van der Waals surface area contributed by atoms with E-state index in [-0.39, 0.29) is 28.9 Å². The van der Waals surface area contributed by atoms with Gasteiger partial charge in [0.25, 0.3) is 0 Å². The molecule has 0 spiro atoms. The van der Waals surface area contributed by atoms with Gasteiger partial charge >= 0.3 is 0 Å². The molecule has 2 aromatic carbocycles. The van der Waals surface area contributed by atoms with Crippen LogP contribution in [0.4, 0.5) is 0 Å². The highest BCUT2D eigenvalue weighted by atomic mass is 127. The van der Waals surface area contributed by atoms with Crippen LogP contribution in [-0.4, -0.2) is 41.6 Å². The van der Waals surface area contributed by atoms with E-state index in [0.29, 0.717) is 12.5 Å². The fraction of sp³-hybridized carbons (Fsp3) is 0.350. The van der Waals surface area contributed by atoms with Crippen LogP contribution in [0.25, 0.3) is 0 Å². The van der Waals surface area contributed by atoms with Crippen molar-refractivity contribution in [3.63, 3.8) is 0 Å². The molecule has 0 fully saturated rings. The van der Waals surface area contributed by atoms with Gasteiger partial charge in [-0.15, -0.1) is 24.0 Å². The van der Waals surface area contributed by atoms with E-state index in [4.69, 9.17) is 9.88 Å². The first-order valence-corrected chi connectivity index (χ1v) is 10.6. The van der Waals surface area contributed by atoms with Gasteiger partial charge in [0.1, 0.15) is 5.75 Å². The Kier molecular flexibility index (Phi) is 10.4. The second-order valence-corrected chi connectivity index (χ2v) is 7.99. The first kappa shape index (κ1) is 25.2. The van der Waals surface area contributed by atoms with E-state index in [9.17, 15) is 8.42 Å². The molecule has 0 aliphatic rings. The van der Waals surface area contributed by atoms with Crippen LogP contribution in [0.2, 0.25) is 0 Å². The Morgan fingerprint density at radius 1 is 1.07 bits per heavy atom. The van der Waals surface area contributed by atoms with Crippen molar-refractivity contribution in [3.05, 3.63) is 59.2 Å². The molecule has 160 valence electrons. The lowest BCUT2D eigenvalue weighted by molar-refractivity contribution is 0.409. The number of sulfonamides is 1. The highest BCUT2D eigenvalue weighted by Gasteiger charge is 2.07. The van der Waals surface area contributed by atoms with E-state index in [1.165, 1.54) is 17.7 Å².